The van der Waals surface area contributed by atoms with Gasteiger partial charge in [0, 0.05) is 11.7 Å². The van der Waals surface area contributed by atoms with E-state index in [1.807, 2.05) is 18.2 Å². The van der Waals surface area contributed by atoms with Gasteiger partial charge in [0.1, 0.15) is 0 Å². The summed E-state index contributed by atoms with van der Waals surface area (Å²) in [6.07, 6.45) is 3.47. The molecule has 4 nitrogen and oxygen atoms in total. The van der Waals surface area contributed by atoms with Gasteiger partial charge in [-0.1, -0.05) is 32.0 Å². The predicted octanol–water partition coefficient (Wildman–Crippen LogP) is 3.24. The van der Waals surface area contributed by atoms with Gasteiger partial charge in [0.25, 0.3) is 0 Å². The number of likely N-dealkylation sites (N-methyl/N-ethyl adjacent to an activating group) is 1. The summed E-state index contributed by atoms with van der Waals surface area (Å²) >= 11 is 0. The molecular weight excluding hydrogens is 310 g/mol. The van der Waals surface area contributed by atoms with Crippen LogP contribution in [0, 0.1) is 0 Å². The molecule has 1 saturated heterocycles. The number of hydrogen-bond donors (Lipinski definition) is 2. The normalized spacial score (nSPS) is 18.4. The van der Waals surface area contributed by atoms with E-state index in [4.69, 9.17) is 0 Å². The molecule has 1 aliphatic rings. The smallest absolute Gasteiger partial charge is 0.238 e. The fraction of sp³-hybridized carbons (Fsp3) is 0.611. The molecule has 0 aliphatic carbocycles. The lowest BCUT2D eigenvalue weighted by atomic mass is 10.0. The number of halogens is 1. The van der Waals surface area contributed by atoms with E-state index in [-0.39, 0.29) is 18.3 Å². The standard InChI is InChI=1S/C18H29N3O.ClH/c1-14(2)16-8-4-5-9-17(16)20-18(22)13-21(3)15-7-6-11-19-12-10-15;/h4-5,8-9,14-15,19H,6-7,10-13H2,1-3H3,(H,20,22);1H. The molecule has 1 unspecified atom stereocenters. The van der Waals surface area contributed by atoms with Crippen LogP contribution in [-0.2, 0) is 4.79 Å². The molecule has 0 saturated carbocycles. The Morgan fingerprint density at radius 2 is 2.04 bits per heavy atom. The summed E-state index contributed by atoms with van der Waals surface area (Å²) in [5.74, 6) is 0.481. The Morgan fingerprint density at radius 3 is 2.78 bits per heavy atom. The summed E-state index contributed by atoms with van der Waals surface area (Å²) in [7, 11) is 2.06. The summed E-state index contributed by atoms with van der Waals surface area (Å²) in [4.78, 5) is 14.6. The molecule has 1 atom stereocenters. The van der Waals surface area contributed by atoms with Gasteiger partial charge in [-0.3, -0.25) is 9.69 Å². The predicted molar refractivity (Wildman–Crippen MR) is 99.5 cm³/mol. The van der Waals surface area contributed by atoms with Gasteiger partial charge in [-0.25, -0.2) is 0 Å². The van der Waals surface area contributed by atoms with Crippen LogP contribution in [0.3, 0.4) is 0 Å². The van der Waals surface area contributed by atoms with E-state index < -0.39 is 0 Å². The number of amides is 1. The van der Waals surface area contributed by atoms with Gasteiger partial charge in [0.15, 0.2) is 0 Å². The molecule has 2 rings (SSSR count). The summed E-state index contributed by atoms with van der Waals surface area (Å²) in [6.45, 7) is 6.90. The van der Waals surface area contributed by atoms with E-state index in [1.54, 1.807) is 0 Å². The second-order valence-electron chi connectivity index (χ2n) is 6.54. The fourth-order valence-electron chi connectivity index (χ4n) is 3.10. The number of benzene rings is 1. The van der Waals surface area contributed by atoms with Gasteiger partial charge in [-0.2, -0.15) is 0 Å². The third-order valence-electron chi connectivity index (χ3n) is 4.42. The maximum absolute atomic E-state index is 12.4. The Hall–Kier alpha value is -1.10. The van der Waals surface area contributed by atoms with Gasteiger partial charge in [0.2, 0.25) is 5.91 Å². The van der Waals surface area contributed by atoms with Crippen LogP contribution >= 0.6 is 12.4 Å². The summed E-state index contributed by atoms with van der Waals surface area (Å²) in [6, 6.07) is 8.57. The molecule has 0 radical (unpaired) electrons. The quantitative estimate of drug-likeness (QED) is 0.865. The Balaban J connectivity index is 0.00000264. The summed E-state index contributed by atoms with van der Waals surface area (Å²) in [5, 5.41) is 6.50. The van der Waals surface area contributed by atoms with Crippen LogP contribution in [0.25, 0.3) is 0 Å². The van der Waals surface area contributed by atoms with Crippen molar-refractivity contribution in [2.24, 2.45) is 0 Å². The fourth-order valence-corrected chi connectivity index (χ4v) is 3.10. The van der Waals surface area contributed by atoms with E-state index in [0.29, 0.717) is 18.5 Å². The van der Waals surface area contributed by atoms with E-state index >= 15 is 0 Å². The zero-order chi connectivity index (χ0) is 15.9. The molecule has 1 aliphatic heterocycles. The second-order valence-corrected chi connectivity index (χ2v) is 6.54. The van der Waals surface area contributed by atoms with Crippen molar-refractivity contribution in [3.63, 3.8) is 0 Å². The Kier molecular flexibility index (Phi) is 8.59. The minimum absolute atomic E-state index is 0. The van der Waals surface area contributed by atoms with Crippen molar-refractivity contribution in [3.05, 3.63) is 29.8 Å². The lowest BCUT2D eigenvalue weighted by Crippen LogP contribution is -2.38. The van der Waals surface area contributed by atoms with E-state index in [0.717, 1.165) is 25.2 Å². The van der Waals surface area contributed by atoms with E-state index in [1.165, 1.54) is 18.4 Å². The lowest BCUT2D eigenvalue weighted by molar-refractivity contribution is -0.117. The maximum atomic E-state index is 12.4. The number of nitrogens with one attached hydrogen (secondary N) is 2. The first-order valence-corrected chi connectivity index (χ1v) is 8.37. The SMILES string of the molecule is CC(C)c1ccccc1NC(=O)CN(C)C1CCCNCC1.Cl. The highest BCUT2D eigenvalue weighted by Gasteiger charge is 2.19. The van der Waals surface area contributed by atoms with Crippen molar-refractivity contribution < 1.29 is 4.79 Å². The van der Waals surface area contributed by atoms with Crippen LogP contribution in [0.1, 0.15) is 44.6 Å². The average molecular weight is 340 g/mol. The molecule has 1 fully saturated rings. The number of anilines is 1. The molecule has 5 heteroatoms. The molecule has 2 N–H and O–H groups in total. The van der Waals surface area contributed by atoms with Crippen LogP contribution in [0.2, 0.25) is 0 Å². The molecule has 1 amide bonds. The van der Waals surface area contributed by atoms with Crippen molar-refractivity contribution >= 4 is 24.0 Å². The minimum Gasteiger partial charge on any atom is -0.325 e. The van der Waals surface area contributed by atoms with Gasteiger partial charge in [-0.15, -0.1) is 12.4 Å². The van der Waals surface area contributed by atoms with Gasteiger partial charge in [0.05, 0.1) is 6.54 Å². The number of carbonyl (C=O) groups is 1. The molecule has 23 heavy (non-hydrogen) atoms. The Labute approximate surface area is 146 Å². The van der Waals surface area contributed by atoms with Crippen molar-refractivity contribution in [1.29, 1.82) is 0 Å². The van der Waals surface area contributed by atoms with Crippen molar-refractivity contribution in [1.82, 2.24) is 10.2 Å². The second kappa shape index (κ2) is 9.91. The first-order valence-electron chi connectivity index (χ1n) is 8.37. The van der Waals surface area contributed by atoms with Crippen LogP contribution in [0.5, 0.6) is 0 Å². The highest BCUT2D eigenvalue weighted by atomic mass is 35.5. The molecule has 130 valence electrons. The minimum atomic E-state index is 0. The third-order valence-corrected chi connectivity index (χ3v) is 4.42. The number of hydrogen-bond acceptors (Lipinski definition) is 3. The molecule has 0 spiro atoms. The number of nitrogens with zero attached hydrogens (tertiary/aromatic N) is 1. The van der Waals surface area contributed by atoms with Crippen molar-refractivity contribution in [3.8, 4) is 0 Å². The monoisotopic (exact) mass is 339 g/mol. The van der Waals surface area contributed by atoms with Gasteiger partial charge in [-0.05, 0) is 56.9 Å². The summed E-state index contributed by atoms with van der Waals surface area (Å²) in [5.41, 5.74) is 2.13. The van der Waals surface area contributed by atoms with Gasteiger partial charge < -0.3 is 10.6 Å². The van der Waals surface area contributed by atoms with E-state index in [2.05, 4.69) is 42.5 Å². The lowest BCUT2D eigenvalue weighted by Gasteiger charge is -2.26. The summed E-state index contributed by atoms with van der Waals surface area (Å²) < 4.78 is 0. The largest absolute Gasteiger partial charge is 0.325 e. The number of carbonyl (C=O) groups excluding carboxylic acids is 1. The highest BCUT2D eigenvalue weighted by Crippen LogP contribution is 2.23. The van der Waals surface area contributed by atoms with Crippen LogP contribution in [0.4, 0.5) is 5.69 Å². The average Bonchev–Trinajstić information content (AvgIpc) is 2.76. The first-order chi connectivity index (χ1) is 10.6. The van der Waals surface area contributed by atoms with Gasteiger partial charge >= 0.3 is 0 Å². The van der Waals surface area contributed by atoms with Crippen LogP contribution in [0.15, 0.2) is 24.3 Å². The van der Waals surface area contributed by atoms with Crippen molar-refractivity contribution in [2.45, 2.75) is 45.1 Å². The number of rotatable bonds is 5. The molecule has 0 aromatic heterocycles. The Bertz CT molecular complexity index is 485. The van der Waals surface area contributed by atoms with Crippen LogP contribution < -0.4 is 10.6 Å². The first kappa shape index (κ1) is 19.9. The van der Waals surface area contributed by atoms with Crippen molar-refractivity contribution in [2.75, 3.05) is 32.0 Å². The molecule has 1 aromatic rings. The zero-order valence-electron chi connectivity index (χ0n) is 14.5. The number of para-hydroxylation sites is 1. The molecule has 1 aromatic carbocycles. The zero-order valence-corrected chi connectivity index (χ0v) is 15.3. The third kappa shape index (κ3) is 6.13. The van der Waals surface area contributed by atoms with E-state index in [9.17, 15) is 4.79 Å². The van der Waals surface area contributed by atoms with Crippen LogP contribution in [-0.4, -0.2) is 43.5 Å². The molecule has 1 heterocycles. The molecule has 0 bridgehead atoms. The topological polar surface area (TPSA) is 44.4 Å². The Morgan fingerprint density at radius 1 is 1.30 bits per heavy atom. The molecular formula is C18H30ClN3O. The maximum Gasteiger partial charge on any atom is 0.238 e. The highest BCUT2D eigenvalue weighted by molar-refractivity contribution is 5.93.